The molecule has 0 aromatic rings. The third-order valence-electron chi connectivity index (χ3n) is 2.80. The Morgan fingerprint density at radius 2 is 1.55 bits per heavy atom. The molecule has 0 heterocycles. The van der Waals surface area contributed by atoms with Crippen molar-refractivity contribution in [2.24, 2.45) is 0 Å². The molecule has 0 saturated carbocycles. The first-order valence-electron chi connectivity index (χ1n) is 6.02. The third-order valence-corrected chi connectivity index (χ3v) is 7.28. The zero-order chi connectivity index (χ0) is 16.4. The number of hydrogen-bond donors (Lipinski definition) is 1. The molecule has 0 saturated heterocycles. The molecule has 0 unspecified atom stereocenters. The predicted octanol–water partition coefficient (Wildman–Crippen LogP) is 0.653. The smallest absolute Gasteiger partial charge is 0.246 e. The Hall–Kier alpha value is -0.890. The predicted molar refractivity (Wildman–Crippen MR) is 79.7 cm³/mol. The minimum absolute atomic E-state index is 0.0683. The van der Waals surface area contributed by atoms with E-state index in [9.17, 15) is 21.6 Å². The number of amides is 1. The van der Waals surface area contributed by atoms with Gasteiger partial charge in [-0.15, -0.1) is 0 Å². The highest BCUT2D eigenvalue weighted by Crippen LogP contribution is 2.20. The summed E-state index contributed by atoms with van der Waals surface area (Å²) in [6.07, 6.45) is 1.95. The van der Waals surface area contributed by atoms with Crippen LogP contribution in [-0.4, -0.2) is 45.4 Å². The van der Waals surface area contributed by atoms with Crippen LogP contribution < -0.4 is 5.32 Å². The van der Waals surface area contributed by atoms with E-state index < -0.39 is 29.8 Å². The fraction of sp³-hybridized carbons (Fsp3) is 0.750. The van der Waals surface area contributed by atoms with E-state index in [0.717, 1.165) is 12.5 Å². The molecule has 0 rings (SSSR count). The maximum absolute atomic E-state index is 11.5. The molecule has 8 heteroatoms. The van der Waals surface area contributed by atoms with Crippen molar-refractivity contribution in [1.29, 1.82) is 0 Å². The molecule has 0 atom stereocenters. The van der Waals surface area contributed by atoms with E-state index in [-0.39, 0.29) is 18.7 Å². The molecule has 1 N–H and O–H groups in total. The lowest BCUT2D eigenvalue weighted by atomic mass is 9.98. The Morgan fingerprint density at radius 1 is 1.15 bits per heavy atom. The van der Waals surface area contributed by atoms with Crippen molar-refractivity contribution in [3.05, 3.63) is 12.2 Å². The Labute approximate surface area is 121 Å². The van der Waals surface area contributed by atoms with E-state index in [1.807, 2.05) is 0 Å². The summed E-state index contributed by atoms with van der Waals surface area (Å²) >= 11 is 0. The van der Waals surface area contributed by atoms with Gasteiger partial charge < -0.3 is 5.32 Å². The SMILES string of the molecule is C=C(C)C(=O)NC(C)(C)CCC(S(C)(=O)=O)S(C)(=O)=O. The van der Waals surface area contributed by atoms with Crippen LogP contribution in [0, 0.1) is 0 Å². The van der Waals surface area contributed by atoms with Crippen LogP contribution in [0.5, 0.6) is 0 Å². The fourth-order valence-corrected chi connectivity index (χ4v) is 5.33. The molecular formula is C12H23NO5S2. The number of hydrogen-bond acceptors (Lipinski definition) is 5. The van der Waals surface area contributed by atoms with Crippen LogP contribution in [0.15, 0.2) is 12.2 Å². The van der Waals surface area contributed by atoms with Gasteiger partial charge >= 0.3 is 0 Å². The summed E-state index contributed by atoms with van der Waals surface area (Å²) in [5.74, 6) is -0.342. The van der Waals surface area contributed by atoms with Gasteiger partial charge in [0.1, 0.15) is 0 Å². The molecule has 20 heavy (non-hydrogen) atoms. The fourth-order valence-electron chi connectivity index (χ4n) is 1.70. The zero-order valence-electron chi connectivity index (χ0n) is 12.6. The van der Waals surface area contributed by atoms with Gasteiger partial charge in [-0.25, -0.2) is 16.8 Å². The van der Waals surface area contributed by atoms with Gasteiger partial charge in [0.05, 0.1) is 0 Å². The summed E-state index contributed by atoms with van der Waals surface area (Å²) in [6, 6.07) is 0. The second kappa shape index (κ2) is 6.26. The average Bonchev–Trinajstić information content (AvgIpc) is 2.11. The summed E-state index contributed by atoms with van der Waals surface area (Å²) in [6.45, 7) is 8.47. The highest BCUT2D eigenvalue weighted by atomic mass is 32.3. The zero-order valence-corrected chi connectivity index (χ0v) is 14.2. The molecule has 118 valence electrons. The summed E-state index contributed by atoms with van der Waals surface area (Å²) in [4.78, 5) is 11.5. The molecule has 0 spiro atoms. The third kappa shape index (κ3) is 6.51. The lowest BCUT2D eigenvalue weighted by Gasteiger charge is -2.27. The number of carbonyl (C=O) groups excluding carboxylic acids is 1. The first kappa shape index (κ1) is 19.1. The maximum atomic E-state index is 11.5. The van der Waals surface area contributed by atoms with E-state index >= 15 is 0 Å². The molecule has 0 radical (unpaired) electrons. The highest BCUT2D eigenvalue weighted by molar-refractivity contribution is 8.08. The van der Waals surface area contributed by atoms with Crippen molar-refractivity contribution in [1.82, 2.24) is 5.32 Å². The van der Waals surface area contributed by atoms with E-state index in [4.69, 9.17) is 0 Å². The van der Waals surface area contributed by atoms with Crippen LogP contribution in [0.2, 0.25) is 0 Å². The maximum Gasteiger partial charge on any atom is 0.246 e. The van der Waals surface area contributed by atoms with Crippen LogP contribution >= 0.6 is 0 Å². The van der Waals surface area contributed by atoms with Crippen LogP contribution in [0.4, 0.5) is 0 Å². The molecule has 0 aliphatic heterocycles. The quantitative estimate of drug-likeness (QED) is 0.693. The molecule has 0 aromatic heterocycles. The van der Waals surface area contributed by atoms with Gasteiger partial charge in [0.25, 0.3) is 0 Å². The van der Waals surface area contributed by atoms with Crippen LogP contribution in [0.25, 0.3) is 0 Å². The van der Waals surface area contributed by atoms with E-state index in [2.05, 4.69) is 11.9 Å². The molecule has 6 nitrogen and oxygen atoms in total. The van der Waals surface area contributed by atoms with Crippen molar-refractivity contribution in [2.45, 2.75) is 43.7 Å². The van der Waals surface area contributed by atoms with E-state index in [1.165, 1.54) is 0 Å². The van der Waals surface area contributed by atoms with Crippen molar-refractivity contribution in [3.8, 4) is 0 Å². The van der Waals surface area contributed by atoms with E-state index in [0.29, 0.717) is 5.57 Å². The molecule has 0 fully saturated rings. The number of sulfone groups is 2. The molecule has 0 aromatic carbocycles. The monoisotopic (exact) mass is 325 g/mol. The van der Waals surface area contributed by atoms with Crippen molar-refractivity contribution in [3.63, 3.8) is 0 Å². The van der Waals surface area contributed by atoms with E-state index in [1.54, 1.807) is 20.8 Å². The van der Waals surface area contributed by atoms with Crippen LogP contribution in [0.3, 0.4) is 0 Å². The molecule has 1 amide bonds. The van der Waals surface area contributed by atoms with Crippen molar-refractivity contribution < 1.29 is 21.6 Å². The topological polar surface area (TPSA) is 97.4 Å². The minimum atomic E-state index is -3.71. The number of carbonyl (C=O) groups is 1. The lowest BCUT2D eigenvalue weighted by Crippen LogP contribution is -2.45. The second-order valence-corrected chi connectivity index (χ2v) is 10.5. The first-order valence-corrected chi connectivity index (χ1v) is 9.93. The molecule has 0 bridgehead atoms. The largest absolute Gasteiger partial charge is 0.347 e. The summed E-state index contributed by atoms with van der Waals surface area (Å²) in [7, 11) is -7.42. The highest BCUT2D eigenvalue weighted by Gasteiger charge is 2.33. The Bertz CT molecular complexity index is 555. The number of rotatable bonds is 7. The minimum Gasteiger partial charge on any atom is -0.347 e. The van der Waals surface area contributed by atoms with Gasteiger partial charge in [-0.2, -0.15) is 0 Å². The standard InChI is InChI=1S/C12H23NO5S2/c1-9(2)11(14)13-12(3,4)8-7-10(19(5,15)16)20(6,17)18/h10H,1,7-8H2,2-6H3,(H,13,14). The normalized spacial score (nSPS) is 13.3. The lowest BCUT2D eigenvalue weighted by molar-refractivity contribution is -0.119. The van der Waals surface area contributed by atoms with Gasteiger partial charge in [-0.05, 0) is 33.6 Å². The Morgan fingerprint density at radius 3 is 1.85 bits per heavy atom. The van der Waals surface area contributed by atoms with Gasteiger partial charge in [0, 0.05) is 23.6 Å². The average molecular weight is 325 g/mol. The van der Waals surface area contributed by atoms with Crippen molar-refractivity contribution in [2.75, 3.05) is 12.5 Å². The van der Waals surface area contributed by atoms with Gasteiger partial charge in [0.2, 0.25) is 5.91 Å². The molecule has 0 aliphatic carbocycles. The van der Waals surface area contributed by atoms with Gasteiger partial charge in [-0.3, -0.25) is 4.79 Å². The molecule has 0 aliphatic rings. The summed E-state index contributed by atoms with van der Waals surface area (Å²) < 4.78 is 44.7. The Balaban J connectivity index is 4.97. The first-order chi connectivity index (χ1) is 8.67. The van der Waals surface area contributed by atoms with Crippen molar-refractivity contribution >= 4 is 25.6 Å². The Kier molecular flexibility index (Phi) is 5.98. The van der Waals surface area contributed by atoms with Gasteiger partial charge in [0.15, 0.2) is 24.3 Å². The summed E-state index contributed by atoms with van der Waals surface area (Å²) in [5, 5.41) is 2.69. The number of nitrogens with one attached hydrogen (secondary N) is 1. The van der Waals surface area contributed by atoms with Gasteiger partial charge in [-0.1, -0.05) is 6.58 Å². The molecular weight excluding hydrogens is 302 g/mol. The van der Waals surface area contributed by atoms with Crippen LogP contribution in [0.1, 0.15) is 33.6 Å². The second-order valence-electron chi connectivity index (χ2n) is 5.75. The van der Waals surface area contributed by atoms with Crippen LogP contribution in [-0.2, 0) is 24.5 Å². The summed E-state index contributed by atoms with van der Waals surface area (Å²) in [5.41, 5.74) is -0.384.